The van der Waals surface area contributed by atoms with Gasteiger partial charge in [-0.05, 0) is 31.5 Å². The van der Waals surface area contributed by atoms with Gasteiger partial charge < -0.3 is 5.73 Å². The maximum absolute atomic E-state index is 12.0. The maximum Gasteiger partial charge on any atom is 0.219 e. The van der Waals surface area contributed by atoms with Gasteiger partial charge in [-0.2, -0.15) is 5.26 Å². The van der Waals surface area contributed by atoms with E-state index >= 15 is 0 Å². The highest BCUT2D eigenvalue weighted by Gasteiger charge is 2.26. The van der Waals surface area contributed by atoms with E-state index in [2.05, 4.69) is 4.72 Å². The zero-order chi connectivity index (χ0) is 15.4. The van der Waals surface area contributed by atoms with Gasteiger partial charge in [-0.3, -0.25) is 4.79 Å². The molecule has 1 rings (SSSR count). The largest absolute Gasteiger partial charge is 0.370 e. The van der Waals surface area contributed by atoms with Crippen molar-refractivity contribution in [3.63, 3.8) is 0 Å². The molecule has 0 saturated heterocycles. The number of sulfonamides is 1. The summed E-state index contributed by atoms with van der Waals surface area (Å²) in [4.78, 5) is 10.9. The Labute approximate surface area is 118 Å². The standard InChI is InChI=1S/C13H17N3O3S/c1-13(2,7-12(15)17)16-20(18,19)9-11-5-3-10(8-14)4-6-11/h3-6,16H,7,9H2,1-2H3,(H2,15,17). The summed E-state index contributed by atoms with van der Waals surface area (Å²) in [7, 11) is -3.60. The van der Waals surface area contributed by atoms with Crippen molar-refractivity contribution in [2.24, 2.45) is 5.73 Å². The number of benzene rings is 1. The fraction of sp³-hybridized carbons (Fsp3) is 0.385. The number of carbonyl (C=O) groups is 1. The van der Waals surface area contributed by atoms with Gasteiger partial charge in [0.1, 0.15) is 0 Å². The lowest BCUT2D eigenvalue weighted by molar-refractivity contribution is -0.119. The first-order chi connectivity index (χ1) is 9.13. The summed E-state index contributed by atoms with van der Waals surface area (Å²) < 4.78 is 26.5. The smallest absolute Gasteiger partial charge is 0.219 e. The summed E-state index contributed by atoms with van der Waals surface area (Å²) in [6.45, 7) is 3.18. The molecule has 0 heterocycles. The zero-order valence-corrected chi connectivity index (χ0v) is 12.2. The van der Waals surface area contributed by atoms with Crippen molar-refractivity contribution in [1.82, 2.24) is 4.72 Å². The van der Waals surface area contributed by atoms with Crippen molar-refractivity contribution in [3.05, 3.63) is 35.4 Å². The Kier molecular flexibility index (Phi) is 4.87. The Balaban J connectivity index is 2.79. The Morgan fingerprint density at radius 1 is 1.35 bits per heavy atom. The van der Waals surface area contributed by atoms with Crippen molar-refractivity contribution in [1.29, 1.82) is 5.26 Å². The van der Waals surface area contributed by atoms with Crippen LogP contribution in [0.5, 0.6) is 0 Å². The van der Waals surface area contributed by atoms with E-state index in [1.807, 2.05) is 6.07 Å². The predicted octanol–water partition coefficient (Wildman–Crippen LogP) is 0.632. The van der Waals surface area contributed by atoms with Crippen LogP contribution < -0.4 is 10.5 Å². The molecule has 0 aromatic heterocycles. The Hall–Kier alpha value is -1.91. The molecule has 0 aliphatic rings. The van der Waals surface area contributed by atoms with E-state index in [9.17, 15) is 13.2 Å². The number of primary amides is 1. The number of nitrogens with one attached hydrogen (secondary N) is 1. The van der Waals surface area contributed by atoms with Gasteiger partial charge in [0.05, 0.1) is 17.4 Å². The topological polar surface area (TPSA) is 113 Å². The van der Waals surface area contributed by atoms with Gasteiger partial charge in [-0.25, -0.2) is 13.1 Å². The third-order valence-electron chi connectivity index (χ3n) is 2.49. The zero-order valence-electron chi connectivity index (χ0n) is 11.4. The molecule has 0 atom stereocenters. The number of nitrogens with zero attached hydrogens (tertiary/aromatic N) is 1. The van der Waals surface area contributed by atoms with Crippen LogP contribution in [0.25, 0.3) is 0 Å². The van der Waals surface area contributed by atoms with Crippen LogP contribution >= 0.6 is 0 Å². The molecule has 0 spiro atoms. The van der Waals surface area contributed by atoms with Gasteiger partial charge in [0, 0.05) is 12.0 Å². The maximum atomic E-state index is 12.0. The summed E-state index contributed by atoms with van der Waals surface area (Å²) in [6.07, 6.45) is -0.0837. The second-order valence-corrected chi connectivity index (χ2v) is 6.92. The van der Waals surface area contributed by atoms with Crippen molar-refractivity contribution < 1.29 is 13.2 Å². The second kappa shape index (κ2) is 6.03. The van der Waals surface area contributed by atoms with E-state index in [-0.39, 0.29) is 12.2 Å². The number of hydrogen-bond acceptors (Lipinski definition) is 4. The first-order valence-electron chi connectivity index (χ1n) is 5.92. The molecule has 7 heteroatoms. The normalized spacial score (nSPS) is 11.8. The summed E-state index contributed by atoms with van der Waals surface area (Å²) in [5, 5.41) is 8.67. The molecule has 1 aromatic carbocycles. The molecule has 0 radical (unpaired) electrons. The monoisotopic (exact) mass is 295 g/mol. The lowest BCUT2D eigenvalue weighted by Gasteiger charge is -2.24. The molecule has 0 aliphatic heterocycles. The van der Waals surface area contributed by atoms with Crippen molar-refractivity contribution in [2.75, 3.05) is 0 Å². The molecule has 0 unspecified atom stereocenters. The average molecular weight is 295 g/mol. The Morgan fingerprint density at radius 2 is 1.90 bits per heavy atom. The molecule has 0 fully saturated rings. The molecule has 6 nitrogen and oxygen atoms in total. The van der Waals surface area contributed by atoms with Gasteiger partial charge in [-0.15, -0.1) is 0 Å². The number of amides is 1. The van der Waals surface area contributed by atoms with Gasteiger partial charge in [0.25, 0.3) is 0 Å². The Morgan fingerprint density at radius 3 is 2.35 bits per heavy atom. The third kappa shape index (κ3) is 5.38. The average Bonchev–Trinajstić information content (AvgIpc) is 2.25. The van der Waals surface area contributed by atoms with Gasteiger partial charge >= 0.3 is 0 Å². The van der Waals surface area contributed by atoms with Crippen LogP contribution in [0.15, 0.2) is 24.3 Å². The lowest BCUT2D eigenvalue weighted by Crippen LogP contribution is -2.46. The summed E-state index contributed by atoms with van der Waals surface area (Å²) >= 11 is 0. The summed E-state index contributed by atoms with van der Waals surface area (Å²) in [5.74, 6) is -0.794. The minimum atomic E-state index is -3.60. The van der Waals surface area contributed by atoms with Crippen molar-refractivity contribution >= 4 is 15.9 Å². The predicted molar refractivity (Wildman–Crippen MR) is 74.8 cm³/mol. The van der Waals surface area contributed by atoms with Crippen LogP contribution in [-0.2, 0) is 20.6 Å². The van der Waals surface area contributed by atoms with Crippen LogP contribution in [-0.4, -0.2) is 19.9 Å². The Bertz CT molecular complexity index is 628. The fourth-order valence-electron chi connectivity index (χ4n) is 1.82. The van der Waals surface area contributed by atoms with Crippen molar-refractivity contribution in [2.45, 2.75) is 31.6 Å². The molecular formula is C13H17N3O3S. The van der Waals surface area contributed by atoms with E-state index in [0.29, 0.717) is 11.1 Å². The minimum Gasteiger partial charge on any atom is -0.370 e. The number of hydrogen-bond donors (Lipinski definition) is 2. The van der Waals surface area contributed by atoms with E-state index in [0.717, 1.165) is 0 Å². The molecule has 3 N–H and O–H groups in total. The van der Waals surface area contributed by atoms with Crippen LogP contribution in [0.3, 0.4) is 0 Å². The van der Waals surface area contributed by atoms with Crippen LogP contribution in [0.4, 0.5) is 0 Å². The SMILES string of the molecule is CC(C)(CC(N)=O)NS(=O)(=O)Cc1ccc(C#N)cc1. The highest BCUT2D eigenvalue weighted by atomic mass is 32.2. The first kappa shape index (κ1) is 16.1. The summed E-state index contributed by atoms with van der Waals surface area (Å²) in [6, 6.07) is 8.23. The van der Waals surface area contributed by atoms with Gasteiger partial charge in [-0.1, -0.05) is 12.1 Å². The van der Waals surface area contributed by atoms with E-state index < -0.39 is 21.5 Å². The highest BCUT2D eigenvalue weighted by Crippen LogP contribution is 2.13. The van der Waals surface area contributed by atoms with E-state index in [1.165, 1.54) is 0 Å². The van der Waals surface area contributed by atoms with Crippen molar-refractivity contribution in [3.8, 4) is 6.07 Å². The molecule has 0 aliphatic carbocycles. The molecule has 20 heavy (non-hydrogen) atoms. The molecular weight excluding hydrogens is 278 g/mol. The molecule has 1 aromatic rings. The lowest BCUT2D eigenvalue weighted by atomic mass is 10.0. The number of nitrogens with two attached hydrogens (primary N) is 1. The number of rotatable bonds is 6. The van der Waals surface area contributed by atoms with Crippen LogP contribution in [0.1, 0.15) is 31.4 Å². The van der Waals surface area contributed by atoms with Gasteiger partial charge in [0.15, 0.2) is 0 Å². The highest BCUT2D eigenvalue weighted by molar-refractivity contribution is 7.88. The second-order valence-electron chi connectivity index (χ2n) is 5.20. The number of carbonyl (C=O) groups excluding carboxylic acids is 1. The van der Waals surface area contributed by atoms with Gasteiger partial charge in [0.2, 0.25) is 15.9 Å². The molecule has 108 valence electrons. The summed E-state index contributed by atoms with van der Waals surface area (Å²) in [5.41, 5.74) is 5.17. The first-order valence-corrected chi connectivity index (χ1v) is 7.58. The fourth-order valence-corrected chi connectivity index (χ4v) is 3.44. The molecule has 1 amide bonds. The number of nitriles is 1. The van der Waals surface area contributed by atoms with E-state index in [4.69, 9.17) is 11.0 Å². The van der Waals surface area contributed by atoms with Crippen LogP contribution in [0, 0.1) is 11.3 Å². The quantitative estimate of drug-likeness (QED) is 0.801. The van der Waals surface area contributed by atoms with Crippen LogP contribution in [0.2, 0.25) is 0 Å². The molecule has 0 bridgehead atoms. The molecule has 0 saturated carbocycles. The third-order valence-corrected chi connectivity index (χ3v) is 4.06. The minimum absolute atomic E-state index is 0.0837. The van der Waals surface area contributed by atoms with E-state index in [1.54, 1.807) is 38.1 Å².